The summed E-state index contributed by atoms with van der Waals surface area (Å²) in [5.41, 5.74) is 0.506. The molecule has 3 rings (SSSR count). The predicted octanol–water partition coefficient (Wildman–Crippen LogP) is 2.14. The monoisotopic (exact) mass is 346 g/mol. The fraction of sp³-hybridized carbons (Fsp3) is 0.579. The van der Waals surface area contributed by atoms with Crippen molar-refractivity contribution in [2.45, 2.75) is 57.9 Å². The van der Waals surface area contributed by atoms with Gasteiger partial charge >= 0.3 is 5.97 Å². The van der Waals surface area contributed by atoms with E-state index in [1.165, 1.54) is 5.06 Å². The summed E-state index contributed by atoms with van der Waals surface area (Å²) < 4.78 is 5.50. The highest BCUT2D eigenvalue weighted by atomic mass is 16.7. The third kappa shape index (κ3) is 4.19. The van der Waals surface area contributed by atoms with Crippen LogP contribution >= 0.6 is 0 Å². The number of carbonyl (C=O) groups is 2. The maximum atomic E-state index is 12.4. The summed E-state index contributed by atoms with van der Waals surface area (Å²) in [6, 6.07) is 9.13. The summed E-state index contributed by atoms with van der Waals surface area (Å²) in [4.78, 5) is 32.4. The molecule has 136 valence electrons. The van der Waals surface area contributed by atoms with Gasteiger partial charge in [-0.25, -0.2) is 5.06 Å². The Morgan fingerprint density at radius 1 is 1.24 bits per heavy atom. The number of hydrogen-bond donors (Lipinski definition) is 0. The van der Waals surface area contributed by atoms with Gasteiger partial charge in [-0.2, -0.15) is 0 Å². The van der Waals surface area contributed by atoms with Crippen molar-refractivity contribution in [3.05, 3.63) is 35.9 Å². The third-order valence-corrected chi connectivity index (χ3v) is 4.47. The Bertz CT molecular complexity index is 626. The van der Waals surface area contributed by atoms with Crippen LogP contribution in [0.2, 0.25) is 0 Å². The van der Waals surface area contributed by atoms with Gasteiger partial charge in [-0.3, -0.25) is 19.3 Å². The Morgan fingerprint density at radius 3 is 2.60 bits per heavy atom. The van der Waals surface area contributed by atoms with Gasteiger partial charge in [0.25, 0.3) is 5.91 Å². The van der Waals surface area contributed by atoms with E-state index < -0.39 is 5.60 Å². The number of hydrogen-bond acceptors (Lipinski definition) is 5. The summed E-state index contributed by atoms with van der Waals surface area (Å²) in [6.07, 6.45) is 1.64. The van der Waals surface area contributed by atoms with Crippen LogP contribution in [0.1, 0.15) is 39.2 Å². The van der Waals surface area contributed by atoms with Crippen LogP contribution in [0.5, 0.6) is 0 Å². The third-order valence-electron chi connectivity index (χ3n) is 4.47. The van der Waals surface area contributed by atoms with Crippen LogP contribution in [-0.4, -0.2) is 52.6 Å². The molecule has 1 amide bonds. The van der Waals surface area contributed by atoms with Crippen molar-refractivity contribution in [1.82, 2.24) is 9.96 Å². The maximum Gasteiger partial charge on any atom is 0.323 e. The first-order chi connectivity index (χ1) is 11.8. The first kappa shape index (κ1) is 17.9. The SMILES string of the molecule is CC(C)(C)OC(=O)[C@@H]1CCCN1[C@H]1CN(OCc2ccccc2)C1=O. The number of amides is 1. The van der Waals surface area contributed by atoms with E-state index in [-0.39, 0.29) is 24.0 Å². The number of hydroxylamine groups is 2. The minimum absolute atomic E-state index is 0.0774. The molecule has 0 bridgehead atoms. The molecule has 6 nitrogen and oxygen atoms in total. The molecule has 0 aromatic heterocycles. The van der Waals surface area contributed by atoms with Crippen molar-refractivity contribution in [2.75, 3.05) is 13.1 Å². The van der Waals surface area contributed by atoms with Gasteiger partial charge in [-0.05, 0) is 45.7 Å². The molecule has 1 aromatic carbocycles. The van der Waals surface area contributed by atoms with E-state index in [1.54, 1.807) is 0 Å². The zero-order valence-electron chi connectivity index (χ0n) is 15.1. The van der Waals surface area contributed by atoms with Crippen molar-refractivity contribution < 1.29 is 19.2 Å². The van der Waals surface area contributed by atoms with E-state index in [1.807, 2.05) is 56.0 Å². The van der Waals surface area contributed by atoms with Crippen LogP contribution in [0.3, 0.4) is 0 Å². The molecule has 0 N–H and O–H groups in total. The lowest BCUT2D eigenvalue weighted by Crippen LogP contribution is -2.65. The predicted molar refractivity (Wildman–Crippen MR) is 92.3 cm³/mol. The molecule has 1 aromatic rings. The number of carbonyl (C=O) groups excluding carboxylic acids is 2. The van der Waals surface area contributed by atoms with Gasteiger partial charge in [0.1, 0.15) is 24.3 Å². The highest BCUT2D eigenvalue weighted by Gasteiger charge is 2.48. The first-order valence-corrected chi connectivity index (χ1v) is 8.82. The minimum atomic E-state index is -0.514. The standard InChI is InChI=1S/C19H26N2O4/c1-19(2,3)25-18(23)15-10-7-11-20(15)16-12-21(17(16)22)24-13-14-8-5-4-6-9-14/h4-6,8-9,15-16H,7,10-13H2,1-3H3/t15-,16-/m0/s1. The van der Waals surface area contributed by atoms with E-state index in [0.29, 0.717) is 13.2 Å². The Hall–Kier alpha value is -1.92. The van der Waals surface area contributed by atoms with Gasteiger partial charge in [-0.15, -0.1) is 0 Å². The highest BCUT2D eigenvalue weighted by molar-refractivity contribution is 5.88. The second-order valence-electron chi connectivity index (χ2n) is 7.60. The molecular formula is C19H26N2O4. The number of ether oxygens (including phenoxy) is 1. The molecular weight excluding hydrogens is 320 g/mol. The molecule has 2 heterocycles. The quantitative estimate of drug-likeness (QED) is 0.604. The fourth-order valence-corrected chi connectivity index (χ4v) is 3.25. The summed E-state index contributed by atoms with van der Waals surface area (Å²) in [6.45, 7) is 7.18. The van der Waals surface area contributed by atoms with Gasteiger partial charge in [0.2, 0.25) is 0 Å². The molecule has 0 radical (unpaired) electrons. The topological polar surface area (TPSA) is 59.1 Å². The molecule has 2 saturated heterocycles. The van der Waals surface area contributed by atoms with Crippen molar-refractivity contribution >= 4 is 11.9 Å². The number of rotatable bonds is 5. The molecule has 2 aliphatic rings. The molecule has 2 aliphatic heterocycles. The Balaban J connectivity index is 1.53. The van der Waals surface area contributed by atoms with Gasteiger partial charge in [-0.1, -0.05) is 30.3 Å². The largest absolute Gasteiger partial charge is 0.459 e. The molecule has 25 heavy (non-hydrogen) atoms. The summed E-state index contributed by atoms with van der Waals surface area (Å²) >= 11 is 0. The molecule has 2 fully saturated rings. The average molecular weight is 346 g/mol. The van der Waals surface area contributed by atoms with Crippen LogP contribution in [0.4, 0.5) is 0 Å². The van der Waals surface area contributed by atoms with Crippen LogP contribution < -0.4 is 0 Å². The molecule has 0 aliphatic carbocycles. The second-order valence-corrected chi connectivity index (χ2v) is 7.60. The van der Waals surface area contributed by atoms with E-state index in [0.717, 1.165) is 24.9 Å². The summed E-state index contributed by atoms with van der Waals surface area (Å²) in [5.74, 6) is -0.312. The van der Waals surface area contributed by atoms with Crippen LogP contribution in [-0.2, 0) is 25.8 Å². The fourth-order valence-electron chi connectivity index (χ4n) is 3.25. The number of nitrogens with zero attached hydrogens (tertiary/aromatic N) is 2. The molecule has 0 unspecified atom stereocenters. The van der Waals surface area contributed by atoms with Gasteiger partial charge in [0, 0.05) is 0 Å². The first-order valence-electron chi connectivity index (χ1n) is 8.82. The van der Waals surface area contributed by atoms with E-state index in [4.69, 9.17) is 9.57 Å². The van der Waals surface area contributed by atoms with E-state index in [2.05, 4.69) is 0 Å². The zero-order chi connectivity index (χ0) is 18.0. The zero-order valence-corrected chi connectivity index (χ0v) is 15.1. The van der Waals surface area contributed by atoms with Gasteiger partial charge in [0.15, 0.2) is 0 Å². The van der Waals surface area contributed by atoms with Gasteiger partial charge < -0.3 is 4.74 Å². The molecule has 0 spiro atoms. The lowest BCUT2D eigenvalue weighted by Gasteiger charge is -2.43. The Morgan fingerprint density at radius 2 is 1.96 bits per heavy atom. The lowest BCUT2D eigenvalue weighted by molar-refractivity contribution is -0.229. The van der Waals surface area contributed by atoms with Crippen molar-refractivity contribution in [2.24, 2.45) is 0 Å². The van der Waals surface area contributed by atoms with Crippen LogP contribution in [0.25, 0.3) is 0 Å². The van der Waals surface area contributed by atoms with Crippen molar-refractivity contribution in [1.29, 1.82) is 0 Å². The summed E-state index contributed by atoms with van der Waals surface area (Å²) in [5, 5.41) is 1.39. The molecule has 6 heteroatoms. The lowest BCUT2D eigenvalue weighted by atomic mass is 10.1. The molecule has 0 saturated carbocycles. The average Bonchev–Trinajstić information content (AvgIpc) is 3.02. The van der Waals surface area contributed by atoms with Crippen LogP contribution in [0.15, 0.2) is 30.3 Å². The number of β-lactam (4-membered cyclic amide) rings is 1. The minimum Gasteiger partial charge on any atom is -0.459 e. The maximum absolute atomic E-state index is 12.4. The number of esters is 1. The van der Waals surface area contributed by atoms with Crippen molar-refractivity contribution in [3.8, 4) is 0 Å². The van der Waals surface area contributed by atoms with Gasteiger partial charge in [0.05, 0.1) is 6.54 Å². The number of benzene rings is 1. The Labute approximate surface area is 148 Å². The second kappa shape index (κ2) is 7.14. The molecule has 2 atom stereocenters. The summed E-state index contributed by atoms with van der Waals surface area (Å²) in [7, 11) is 0. The smallest absolute Gasteiger partial charge is 0.323 e. The van der Waals surface area contributed by atoms with Crippen molar-refractivity contribution in [3.63, 3.8) is 0 Å². The normalized spacial score (nSPS) is 24.3. The highest BCUT2D eigenvalue weighted by Crippen LogP contribution is 2.28. The Kier molecular flexibility index (Phi) is 5.11. The van der Waals surface area contributed by atoms with E-state index in [9.17, 15) is 9.59 Å². The van der Waals surface area contributed by atoms with Crippen LogP contribution in [0, 0.1) is 0 Å². The number of likely N-dealkylation sites (tertiary alicyclic amines) is 1. The van der Waals surface area contributed by atoms with E-state index >= 15 is 0 Å².